The van der Waals surface area contributed by atoms with Gasteiger partial charge in [-0.25, -0.2) is 4.39 Å². The second-order valence-electron chi connectivity index (χ2n) is 7.32. The molecule has 0 atom stereocenters. The van der Waals surface area contributed by atoms with Crippen LogP contribution in [0.25, 0.3) is 11.3 Å². The molecule has 0 bridgehead atoms. The maximum Gasteiger partial charge on any atom is 0.277 e. The third-order valence-corrected chi connectivity index (χ3v) is 5.83. The average molecular weight is 433 g/mol. The van der Waals surface area contributed by atoms with Crippen molar-refractivity contribution < 1.29 is 13.7 Å². The maximum absolute atomic E-state index is 13.1. The summed E-state index contributed by atoms with van der Waals surface area (Å²) in [6.07, 6.45) is 0. The monoisotopic (exact) mass is 432 g/mol. The number of anilines is 1. The first-order chi connectivity index (χ1) is 15.0. The van der Waals surface area contributed by atoms with E-state index in [1.165, 1.54) is 28.8 Å². The fourth-order valence-corrected chi connectivity index (χ4v) is 4.27. The van der Waals surface area contributed by atoms with E-state index in [0.29, 0.717) is 17.0 Å². The fourth-order valence-electron chi connectivity index (χ4n) is 3.33. The summed E-state index contributed by atoms with van der Waals surface area (Å²) >= 11 is 1.66. The zero-order valence-corrected chi connectivity index (χ0v) is 18.0. The quantitative estimate of drug-likeness (QED) is 0.347. The number of halogens is 1. The average Bonchev–Trinajstić information content (AvgIpc) is 3.23. The maximum atomic E-state index is 13.1. The van der Waals surface area contributed by atoms with E-state index in [0.717, 1.165) is 10.6 Å². The van der Waals surface area contributed by atoms with Crippen LogP contribution in [-0.2, 0) is 5.75 Å². The first-order valence-corrected chi connectivity index (χ1v) is 10.8. The number of benzene rings is 3. The molecule has 156 valence electrons. The molecular weight excluding hydrogens is 411 g/mol. The highest BCUT2D eigenvalue weighted by molar-refractivity contribution is 7.98. The van der Waals surface area contributed by atoms with E-state index in [-0.39, 0.29) is 17.4 Å². The molecule has 0 aliphatic rings. The number of carbonyl (C=O) groups excluding carboxylic acids is 1. The number of nitrogens with zero attached hydrogens (tertiary/aromatic N) is 1. The molecule has 0 saturated carbocycles. The summed E-state index contributed by atoms with van der Waals surface area (Å²) in [7, 11) is 0. The molecule has 0 spiro atoms. The minimum Gasteiger partial charge on any atom is -0.355 e. The lowest BCUT2D eigenvalue weighted by Crippen LogP contribution is -2.12. The largest absolute Gasteiger partial charge is 0.355 e. The van der Waals surface area contributed by atoms with Crippen LogP contribution in [0.4, 0.5) is 10.1 Å². The molecule has 4 nitrogen and oxygen atoms in total. The highest BCUT2D eigenvalue weighted by atomic mass is 32.2. The van der Waals surface area contributed by atoms with E-state index in [1.54, 1.807) is 30.0 Å². The summed E-state index contributed by atoms with van der Waals surface area (Å²) in [5, 5.41) is 6.78. The number of nitrogens with one attached hydrogen (secondary N) is 1. The van der Waals surface area contributed by atoms with Crippen molar-refractivity contribution in [2.24, 2.45) is 0 Å². The molecule has 1 N–H and O–H groups in total. The van der Waals surface area contributed by atoms with E-state index in [1.807, 2.05) is 24.3 Å². The van der Waals surface area contributed by atoms with Gasteiger partial charge >= 0.3 is 0 Å². The van der Waals surface area contributed by atoms with E-state index in [2.05, 4.69) is 42.5 Å². The van der Waals surface area contributed by atoms with Gasteiger partial charge in [0.15, 0.2) is 11.5 Å². The smallest absolute Gasteiger partial charge is 0.277 e. The number of thioether (sulfide) groups is 1. The second kappa shape index (κ2) is 9.18. The fraction of sp³-hybridized carbons (Fsp3) is 0.120. The number of hydrogen-bond donors (Lipinski definition) is 1. The van der Waals surface area contributed by atoms with Crippen LogP contribution in [0.5, 0.6) is 0 Å². The molecule has 1 amide bonds. The molecule has 0 saturated heterocycles. The van der Waals surface area contributed by atoms with Gasteiger partial charge in [0.25, 0.3) is 5.91 Å². The van der Waals surface area contributed by atoms with E-state index in [9.17, 15) is 9.18 Å². The van der Waals surface area contributed by atoms with Crippen LogP contribution in [0.15, 0.2) is 82.2 Å². The van der Waals surface area contributed by atoms with E-state index >= 15 is 0 Å². The normalized spacial score (nSPS) is 10.8. The van der Waals surface area contributed by atoms with Crippen molar-refractivity contribution in [3.63, 3.8) is 0 Å². The van der Waals surface area contributed by atoms with E-state index < -0.39 is 0 Å². The summed E-state index contributed by atoms with van der Waals surface area (Å²) in [6, 6.07) is 21.5. The van der Waals surface area contributed by atoms with Gasteiger partial charge in [-0.15, -0.1) is 11.8 Å². The highest BCUT2D eigenvalue weighted by Gasteiger charge is 2.15. The van der Waals surface area contributed by atoms with Gasteiger partial charge in [0.2, 0.25) is 0 Å². The van der Waals surface area contributed by atoms with Crippen molar-refractivity contribution >= 4 is 23.4 Å². The van der Waals surface area contributed by atoms with Crippen molar-refractivity contribution in [1.29, 1.82) is 0 Å². The molecule has 4 rings (SSSR count). The zero-order chi connectivity index (χ0) is 21.8. The Bertz CT molecular complexity index is 1200. The first kappa shape index (κ1) is 20.9. The zero-order valence-electron chi connectivity index (χ0n) is 17.2. The van der Waals surface area contributed by atoms with Gasteiger partial charge in [-0.05, 0) is 55.8 Å². The molecule has 1 aromatic heterocycles. The Hall–Kier alpha value is -3.38. The lowest BCUT2D eigenvalue weighted by molar-refractivity contribution is 0.101. The molecule has 31 heavy (non-hydrogen) atoms. The summed E-state index contributed by atoms with van der Waals surface area (Å²) in [5.41, 5.74) is 5.24. The molecule has 0 aliphatic heterocycles. The third-order valence-electron chi connectivity index (χ3n) is 4.68. The Morgan fingerprint density at radius 2 is 1.71 bits per heavy atom. The standard InChI is InChI=1S/C25H21FN2O2S/c1-16-11-17(2)13-18(12-16)15-31-24-6-4-3-5-21(24)27-25(29)22-14-23(30-28-22)19-7-9-20(26)10-8-19/h3-14H,15H2,1-2H3,(H,27,29). The molecule has 0 unspecified atom stereocenters. The number of rotatable bonds is 6. The molecule has 1 heterocycles. The number of aryl methyl sites for hydroxylation is 2. The van der Waals surface area contributed by atoms with Gasteiger partial charge in [-0.2, -0.15) is 0 Å². The molecule has 4 aromatic rings. The number of aromatic nitrogens is 1. The van der Waals surface area contributed by atoms with Crippen molar-refractivity contribution in [1.82, 2.24) is 5.16 Å². The SMILES string of the molecule is Cc1cc(C)cc(CSc2ccccc2NC(=O)c2cc(-c3ccc(F)cc3)on2)c1. The van der Waals surface area contributed by atoms with Crippen LogP contribution in [0.1, 0.15) is 27.2 Å². The summed E-state index contributed by atoms with van der Waals surface area (Å²) in [4.78, 5) is 13.7. The van der Waals surface area contributed by atoms with Crippen LogP contribution in [0.2, 0.25) is 0 Å². The third kappa shape index (κ3) is 5.22. The van der Waals surface area contributed by atoms with Gasteiger partial charge in [-0.3, -0.25) is 4.79 Å². The number of carbonyl (C=O) groups is 1. The summed E-state index contributed by atoms with van der Waals surface area (Å²) in [6.45, 7) is 4.18. The van der Waals surface area contributed by atoms with Crippen molar-refractivity contribution in [3.8, 4) is 11.3 Å². The van der Waals surface area contributed by atoms with Crippen LogP contribution in [-0.4, -0.2) is 11.1 Å². The highest BCUT2D eigenvalue weighted by Crippen LogP contribution is 2.31. The Morgan fingerprint density at radius 1 is 1.00 bits per heavy atom. The van der Waals surface area contributed by atoms with Gasteiger partial charge in [0.05, 0.1) is 5.69 Å². The Morgan fingerprint density at radius 3 is 2.45 bits per heavy atom. The second-order valence-corrected chi connectivity index (χ2v) is 8.34. The minimum absolute atomic E-state index is 0.161. The molecular formula is C25H21FN2O2S. The summed E-state index contributed by atoms with van der Waals surface area (Å²) in [5.74, 6) is 0.504. The van der Waals surface area contributed by atoms with Crippen LogP contribution in [0, 0.1) is 19.7 Å². The number of para-hydroxylation sites is 1. The molecule has 0 aliphatic carbocycles. The lowest BCUT2D eigenvalue weighted by atomic mass is 10.1. The number of hydrogen-bond acceptors (Lipinski definition) is 4. The van der Waals surface area contributed by atoms with Crippen molar-refractivity contribution in [2.45, 2.75) is 24.5 Å². The van der Waals surface area contributed by atoms with Gasteiger partial charge in [0, 0.05) is 22.3 Å². The van der Waals surface area contributed by atoms with Gasteiger partial charge in [0.1, 0.15) is 5.82 Å². The summed E-state index contributed by atoms with van der Waals surface area (Å²) < 4.78 is 18.4. The van der Waals surface area contributed by atoms with Crippen molar-refractivity contribution in [2.75, 3.05) is 5.32 Å². The van der Waals surface area contributed by atoms with Gasteiger partial charge < -0.3 is 9.84 Å². The lowest BCUT2D eigenvalue weighted by Gasteiger charge is -2.10. The topological polar surface area (TPSA) is 55.1 Å². The minimum atomic E-state index is -0.364. The Balaban J connectivity index is 1.47. The van der Waals surface area contributed by atoms with E-state index in [4.69, 9.17) is 4.52 Å². The predicted molar refractivity (Wildman–Crippen MR) is 122 cm³/mol. The molecule has 0 fully saturated rings. The van der Waals surface area contributed by atoms with Gasteiger partial charge in [-0.1, -0.05) is 46.6 Å². The molecule has 3 aromatic carbocycles. The number of amides is 1. The van der Waals surface area contributed by atoms with Crippen LogP contribution in [0.3, 0.4) is 0 Å². The van der Waals surface area contributed by atoms with Crippen LogP contribution < -0.4 is 5.32 Å². The first-order valence-electron chi connectivity index (χ1n) is 9.81. The van der Waals surface area contributed by atoms with Crippen LogP contribution >= 0.6 is 11.8 Å². The molecule has 6 heteroatoms. The van der Waals surface area contributed by atoms with Crippen molar-refractivity contribution in [3.05, 3.63) is 101 Å². The Kier molecular flexibility index (Phi) is 6.18. The molecule has 0 radical (unpaired) electrons. The predicted octanol–water partition coefficient (Wildman–Crippen LogP) is 6.64. The Labute approximate surface area is 184 Å².